The molecule has 0 saturated carbocycles. The SMILES string of the molecule is O=C(Cn1c(O)c(N=NCc2ccccc2O)c2ccccc21)Nc1ccccc1. The van der Waals surface area contributed by atoms with Crippen LogP contribution in [0.1, 0.15) is 5.56 Å². The van der Waals surface area contributed by atoms with Gasteiger partial charge in [0, 0.05) is 16.6 Å². The molecular formula is C23H20N4O3. The summed E-state index contributed by atoms with van der Waals surface area (Å²) in [5, 5.41) is 32.4. The lowest BCUT2D eigenvalue weighted by Gasteiger charge is -2.08. The predicted octanol–water partition coefficient (Wildman–Crippen LogP) is 4.98. The number of phenolic OH excluding ortho intramolecular Hbond substituents is 1. The standard InChI is InChI=1S/C23H20N4O3/c28-20-13-7-4-8-16(20)14-24-26-22-18-11-5-6-12-19(18)27(23(22)30)15-21(29)25-17-9-2-1-3-10-17/h1-13,28,30H,14-15H2,(H,25,29). The second-order valence-electron chi connectivity index (χ2n) is 6.72. The minimum atomic E-state index is -0.269. The smallest absolute Gasteiger partial charge is 0.244 e. The van der Waals surface area contributed by atoms with Crippen molar-refractivity contribution >= 4 is 28.2 Å². The number of benzene rings is 3. The normalized spacial score (nSPS) is 11.2. The maximum Gasteiger partial charge on any atom is 0.244 e. The molecule has 0 aliphatic carbocycles. The van der Waals surface area contributed by atoms with Crippen molar-refractivity contribution in [3.05, 3.63) is 84.4 Å². The first kappa shape index (κ1) is 19.2. The summed E-state index contributed by atoms with van der Waals surface area (Å²) in [5.74, 6) is -0.268. The topological polar surface area (TPSA) is 99.2 Å². The van der Waals surface area contributed by atoms with Gasteiger partial charge in [0.05, 0.1) is 12.1 Å². The maximum atomic E-state index is 12.5. The van der Waals surface area contributed by atoms with Crippen LogP contribution in [0.5, 0.6) is 11.6 Å². The fraction of sp³-hybridized carbons (Fsp3) is 0.0870. The van der Waals surface area contributed by atoms with Crippen molar-refractivity contribution in [2.24, 2.45) is 10.2 Å². The van der Waals surface area contributed by atoms with E-state index in [9.17, 15) is 15.0 Å². The van der Waals surface area contributed by atoms with Crippen LogP contribution in [0.25, 0.3) is 10.9 Å². The molecule has 3 N–H and O–H groups in total. The molecule has 0 bridgehead atoms. The number of hydrogen-bond acceptors (Lipinski definition) is 5. The lowest BCUT2D eigenvalue weighted by Crippen LogP contribution is -2.18. The molecule has 0 atom stereocenters. The van der Waals surface area contributed by atoms with Crippen LogP contribution in [-0.4, -0.2) is 20.7 Å². The van der Waals surface area contributed by atoms with Gasteiger partial charge in [0.1, 0.15) is 12.3 Å². The van der Waals surface area contributed by atoms with E-state index in [-0.39, 0.29) is 36.3 Å². The summed E-state index contributed by atoms with van der Waals surface area (Å²) in [6.45, 7) is 0.0936. The molecule has 1 heterocycles. The van der Waals surface area contributed by atoms with Crippen molar-refractivity contribution in [2.75, 3.05) is 5.32 Å². The molecule has 0 aliphatic heterocycles. The maximum absolute atomic E-state index is 12.5. The van der Waals surface area contributed by atoms with Crippen molar-refractivity contribution in [3.8, 4) is 11.6 Å². The van der Waals surface area contributed by atoms with Gasteiger partial charge in [0.2, 0.25) is 11.8 Å². The highest BCUT2D eigenvalue weighted by Gasteiger charge is 2.18. The first-order valence-corrected chi connectivity index (χ1v) is 9.43. The van der Waals surface area contributed by atoms with E-state index in [2.05, 4.69) is 15.5 Å². The van der Waals surface area contributed by atoms with Gasteiger partial charge in [-0.1, -0.05) is 54.6 Å². The Balaban J connectivity index is 1.60. The Bertz CT molecular complexity index is 1220. The summed E-state index contributed by atoms with van der Waals surface area (Å²) in [6.07, 6.45) is 0. The molecule has 7 nitrogen and oxygen atoms in total. The summed E-state index contributed by atoms with van der Waals surface area (Å²) < 4.78 is 1.50. The summed E-state index contributed by atoms with van der Waals surface area (Å²) in [7, 11) is 0. The number of azo groups is 1. The Morgan fingerprint density at radius 3 is 2.40 bits per heavy atom. The summed E-state index contributed by atoms with van der Waals surface area (Å²) >= 11 is 0. The van der Waals surface area contributed by atoms with Crippen LogP contribution < -0.4 is 5.32 Å². The number of phenols is 1. The van der Waals surface area contributed by atoms with Crippen molar-refractivity contribution in [2.45, 2.75) is 13.1 Å². The van der Waals surface area contributed by atoms with Gasteiger partial charge >= 0.3 is 0 Å². The number of nitrogens with zero attached hydrogens (tertiary/aromatic N) is 3. The van der Waals surface area contributed by atoms with Gasteiger partial charge in [-0.15, -0.1) is 5.11 Å². The van der Waals surface area contributed by atoms with E-state index in [1.54, 1.807) is 36.4 Å². The number of amides is 1. The van der Waals surface area contributed by atoms with Crippen LogP contribution in [0.4, 0.5) is 11.4 Å². The highest BCUT2D eigenvalue weighted by Crippen LogP contribution is 2.39. The quantitative estimate of drug-likeness (QED) is 0.398. The van der Waals surface area contributed by atoms with E-state index >= 15 is 0 Å². The third-order valence-corrected chi connectivity index (χ3v) is 4.68. The third kappa shape index (κ3) is 4.00. The van der Waals surface area contributed by atoms with Gasteiger partial charge in [0.15, 0.2) is 5.69 Å². The number of carbonyl (C=O) groups is 1. The van der Waals surface area contributed by atoms with Crippen LogP contribution >= 0.6 is 0 Å². The minimum Gasteiger partial charge on any atom is -0.508 e. The number of nitrogens with one attached hydrogen (secondary N) is 1. The number of carbonyl (C=O) groups excluding carboxylic acids is 1. The minimum absolute atomic E-state index is 0.0732. The number of rotatable bonds is 6. The molecule has 1 amide bonds. The zero-order valence-corrected chi connectivity index (χ0v) is 16.1. The van der Waals surface area contributed by atoms with Crippen LogP contribution in [0.2, 0.25) is 0 Å². The van der Waals surface area contributed by atoms with E-state index in [1.807, 2.05) is 42.5 Å². The van der Waals surface area contributed by atoms with Gasteiger partial charge in [0.25, 0.3) is 0 Å². The highest BCUT2D eigenvalue weighted by molar-refractivity contribution is 5.97. The Labute approximate surface area is 172 Å². The lowest BCUT2D eigenvalue weighted by molar-refractivity contribution is -0.116. The number of para-hydroxylation sites is 3. The molecule has 3 aromatic carbocycles. The second kappa shape index (κ2) is 8.48. The number of anilines is 1. The first-order valence-electron chi connectivity index (χ1n) is 9.43. The molecule has 0 radical (unpaired) electrons. The van der Waals surface area contributed by atoms with Crippen LogP contribution in [-0.2, 0) is 17.9 Å². The molecule has 0 fully saturated rings. The van der Waals surface area contributed by atoms with E-state index < -0.39 is 0 Å². The van der Waals surface area contributed by atoms with Crippen LogP contribution in [0, 0.1) is 0 Å². The Hall–Kier alpha value is -4.13. The molecule has 7 heteroatoms. The largest absolute Gasteiger partial charge is 0.508 e. The Morgan fingerprint density at radius 2 is 1.60 bits per heavy atom. The van der Waals surface area contributed by atoms with Crippen LogP contribution in [0.15, 0.2) is 89.1 Å². The first-order chi connectivity index (χ1) is 14.6. The molecule has 0 aliphatic rings. The number of fused-ring (bicyclic) bond motifs is 1. The van der Waals surface area contributed by atoms with E-state index in [0.717, 1.165) is 0 Å². The van der Waals surface area contributed by atoms with Gasteiger partial charge in [-0.2, -0.15) is 5.11 Å². The van der Waals surface area contributed by atoms with Gasteiger partial charge in [-0.25, -0.2) is 0 Å². The van der Waals surface area contributed by atoms with Gasteiger partial charge in [-0.3, -0.25) is 4.79 Å². The second-order valence-corrected chi connectivity index (χ2v) is 6.72. The zero-order valence-electron chi connectivity index (χ0n) is 16.1. The number of aromatic hydroxyl groups is 2. The molecule has 0 saturated heterocycles. The number of hydrogen-bond donors (Lipinski definition) is 3. The Morgan fingerprint density at radius 1 is 0.900 bits per heavy atom. The molecule has 0 spiro atoms. The molecule has 1 aromatic heterocycles. The van der Waals surface area contributed by atoms with Crippen molar-refractivity contribution in [3.63, 3.8) is 0 Å². The average Bonchev–Trinajstić information content (AvgIpc) is 3.02. The number of aromatic nitrogens is 1. The van der Waals surface area contributed by atoms with Crippen molar-refractivity contribution in [1.82, 2.24) is 4.57 Å². The fourth-order valence-corrected chi connectivity index (χ4v) is 3.22. The van der Waals surface area contributed by atoms with E-state index in [4.69, 9.17) is 0 Å². The van der Waals surface area contributed by atoms with E-state index in [1.165, 1.54) is 4.57 Å². The van der Waals surface area contributed by atoms with Crippen molar-refractivity contribution in [1.29, 1.82) is 0 Å². The zero-order chi connectivity index (χ0) is 20.9. The van der Waals surface area contributed by atoms with E-state index in [0.29, 0.717) is 22.2 Å². The molecule has 0 unspecified atom stereocenters. The van der Waals surface area contributed by atoms with Gasteiger partial charge < -0.3 is 20.1 Å². The predicted molar refractivity (Wildman–Crippen MR) is 115 cm³/mol. The fourth-order valence-electron chi connectivity index (χ4n) is 3.22. The molecule has 4 aromatic rings. The molecule has 150 valence electrons. The molecule has 30 heavy (non-hydrogen) atoms. The highest BCUT2D eigenvalue weighted by atomic mass is 16.3. The van der Waals surface area contributed by atoms with Crippen LogP contribution in [0.3, 0.4) is 0 Å². The Kier molecular flexibility index (Phi) is 5.43. The summed E-state index contributed by atoms with van der Waals surface area (Å²) in [5.41, 5.74) is 2.27. The molecule has 4 rings (SSSR count). The lowest BCUT2D eigenvalue weighted by atomic mass is 10.2. The average molecular weight is 400 g/mol. The third-order valence-electron chi connectivity index (χ3n) is 4.68. The van der Waals surface area contributed by atoms with Gasteiger partial charge in [-0.05, 0) is 24.3 Å². The molecular weight excluding hydrogens is 380 g/mol. The van der Waals surface area contributed by atoms with Crippen molar-refractivity contribution < 1.29 is 15.0 Å². The summed E-state index contributed by atoms with van der Waals surface area (Å²) in [6, 6.07) is 23.3. The summed E-state index contributed by atoms with van der Waals surface area (Å²) in [4.78, 5) is 12.5. The monoisotopic (exact) mass is 400 g/mol.